The lowest BCUT2D eigenvalue weighted by molar-refractivity contribution is -0.143. The topological polar surface area (TPSA) is 268 Å². The molecule has 0 radical (unpaired) electrons. The van der Waals surface area contributed by atoms with E-state index < -0.39 is 70.6 Å². The number of hydrogen-bond donors (Lipinski definition) is 8. The number of carboxylic acid groups (broad SMARTS) is 2. The van der Waals surface area contributed by atoms with Crippen molar-refractivity contribution in [3.8, 4) is 0 Å². The standard InChI is InChI=1S/C16H29N5O10S/c17-7-13(23)19-6-2-1-3-10(15(25)26)20-12(22)5-4-11(16(27)28)21-14(24)9(18)8-32(29,30)31/h9-11H,1-8,17-18H2,(H,19,23)(H,20,22)(H,21,24)(H,25,26)(H,27,28)(H,29,30,31). The molecule has 3 amide bonds. The molecule has 3 atom stereocenters. The summed E-state index contributed by atoms with van der Waals surface area (Å²) in [7, 11) is -4.57. The zero-order chi connectivity index (χ0) is 24.9. The molecule has 0 aromatic rings. The van der Waals surface area contributed by atoms with Gasteiger partial charge in [-0.3, -0.25) is 18.9 Å². The second-order valence-corrected chi connectivity index (χ2v) is 8.30. The molecule has 0 bridgehead atoms. The van der Waals surface area contributed by atoms with Crippen molar-refractivity contribution in [2.45, 2.75) is 50.2 Å². The molecule has 0 aromatic heterocycles. The van der Waals surface area contributed by atoms with Crippen molar-refractivity contribution < 1.29 is 47.2 Å². The minimum Gasteiger partial charge on any atom is -0.480 e. The van der Waals surface area contributed by atoms with E-state index in [2.05, 4.69) is 10.6 Å². The fourth-order valence-electron chi connectivity index (χ4n) is 2.41. The number of carbonyl (C=O) groups is 5. The van der Waals surface area contributed by atoms with Gasteiger partial charge >= 0.3 is 11.9 Å². The Morgan fingerprint density at radius 2 is 1.44 bits per heavy atom. The summed E-state index contributed by atoms with van der Waals surface area (Å²) in [5, 5.41) is 25.1. The lowest BCUT2D eigenvalue weighted by Gasteiger charge is -2.18. The van der Waals surface area contributed by atoms with Crippen LogP contribution in [-0.4, -0.2) is 89.8 Å². The van der Waals surface area contributed by atoms with E-state index in [-0.39, 0.29) is 25.4 Å². The molecule has 0 spiro atoms. The van der Waals surface area contributed by atoms with Crippen LogP contribution in [0, 0.1) is 0 Å². The summed E-state index contributed by atoms with van der Waals surface area (Å²) in [6.45, 7) is 0.119. The van der Waals surface area contributed by atoms with Crippen molar-refractivity contribution in [3.05, 3.63) is 0 Å². The van der Waals surface area contributed by atoms with Crippen LogP contribution >= 0.6 is 0 Å². The molecule has 3 unspecified atom stereocenters. The predicted molar refractivity (Wildman–Crippen MR) is 109 cm³/mol. The minimum atomic E-state index is -4.57. The molecular weight excluding hydrogens is 454 g/mol. The predicted octanol–water partition coefficient (Wildman–Crippen LogP) is -3.63. The monoisotopic (exact) mass is 483 g/mol. The van der Waals surface area contributed by atoms with Gasteiger partial charge in [-0.05, 0) is 25.7 Å². The van der Waals surface area contributed by atoms with Gasteiger partial charge in [0.2, 0.25) is 17.7 Å². The third-order valence-corrected chi connectivity index (χ3v) is 4.84. The van der Waals surface area contributed by atoms with Crippen molar-refractivity contribution in [2.75, 3.05) is 18.8 Å². The summed E-state index contributed by atoms with van der Waals surface area (Å²) in [6.07, 6.45) is -0.0167. The Balaban J connectivity index is 4.61. The van der Waals surface area contributed by atoms with E-state index in [9.17, 15) is 37.5 Å². The summed E-state index contributed by atoms with van der Waals surface area (Å²) in [4.78, 5) is 57.4. The third-order valence-electron chi connectivity index (χ3n) is 4.06. The number of carbonyl (C=O) groups excluding carboxylic acids is 3. The van der Waals surface area contributed by atoms with Gasteiger partial charge in [-0.1, -0.05) is 0 Å². The normalized spacial score (nSPS) is 14.0. The first kappa shape index (κ1) is 29.2. The van der Waals surface area contributed by atoms with Crippen molar-refractivity contribution in [3.63, 3.8) is 0 Å². The Morgan fingerprint density at radius 1 is 0.875 bits per heavy atom. The summed E-state index contributed by atoms with van der Waals surface area (Å²) >= 11 is 0. The highest BCUT2D eigenvalue weighted by molar-refractivity contribution is 7.85. The number of aliphatic carboxylic acids is 2. The smallest absolute Gasteiger partial charge is 0.326 e. The quantitative estimate of drug-likeness (QED) is 0.0780. The maximum atomic E-state index is 12.0. The summed E-state index contributed by atoms with van der Waals surface area (Å²) in [5.74, 6) is -6.26. The second-order valence-electron chi connectivity index (χ2n) is 6.80. The zero-order valence-corrected chi connectivity index (χ0v) is 18.0. The van der Waals surface area contributed by atoms with Crippen LogP contribution in [0.3, 0.4) is 0 Å². The molecule has 0 aliphatic heterocycles. The van der Waals surface area contributed by atoms with Gasteiger partial charge in [-0.2, -0.15) is 8.42 Å². The molecule has 0 saturated heterocycles. The van der Waals surface area contributed by atoms with E-state index in [1.165, 1.54) is 0 Å². The number of amides is 3. The Kier molecular flexibility index (Phi) is 13.0. The molecule has 0 saturated carbocycles. The van der Waals surface area contributed by atoms with E-state index in [0.29, 0.717) is 12.8 Å². The first-order chi connectivity index (χ1) is 14.8. The zero-order valence-electron chi connectivity index (χ0n) is 17.2. The average molecular weight is 484 g/mol. The van der Waals surface area contributed by atoms with Gasteiger partial charge in [-0.25, -0.2) is 9.59 Å². The highest BCUT2D eigenvalue weighted by atomic mass is 32.2. The van der Waals surface area contributed by atoms with Gasteiger partial charge in [0.1, 0.15) is 18.1 Å². The number of nitrogens with two attached hydrogens (primary N) is 2. The molecule has 0 fully saturated rings. The van der Waals surface area contributed by atoms with Crippen LogP contribution in [-0.2, 0) is 34.1 Å². The number of hydrogen-bond acceptors (Lipinski definition) is 9. The van der Waals surface area contributed by atoms with E-state index in [0.717, 1.165) is 0 Å². The average Bonchev–Trinajstić information content (AvgIpc) is 2.67. The van der Waals surface area contributed by atoms with Gasteiger partial charge in [0.05, 0.1) is 12.3 Å². The molecule has 16 heteroatoms. The Hall–Kier alpha value is -2.82. The van der Waals surface area contributed by atoms with Crippen LogP contribution in [0.1, 0.15) is 32.1 Å². The lowest BCUT2D eigenvalue weighted by atomic mass is 10.1. The third kappa shape index (κ3) is 13.5. The first-order valence-corrected chi connectivity index (χ1v) is 11.1. The van der Waals surface area contributed by atoms with Crippen molar-refractivity contribution in [1.29, 1.82) is 0 Å². The fraction of sp³-hybridized carbons (Fsp3) is 0.688. The first-order valence-electron chi connectivity index (χ1n) is 9.49. The van der Waals surface area contributed by atoms with E-state index >= 15 is 0 Å². The second kappa shape index (κ2) is 14.3. The summed E-state index contributed by atoms with van der Waals surface area (Å²) < 4.78 is 30.2. The molecular formula is C16H29N5O10S. The van der Waals surface area contributed by atoms with Gasteiger partial charge in [0.25, 0.3) is 10.1 Å². The van der Waals surface area contributed by atoms with Crippen LogP contribution in [0.2, 0.25) is 0 Å². The van der Waals surface area contributed by atoms with Gasteiger partial charge in [0, 0.05) is 13.0 Å². The van der Waals surface area contributed by atoms with E-state index in [4.69, 9.17) is 21.1 Å². The Labute approximate surface area is 184 Å². The van der Waals surface area contributed by atoms with Crippen molar-refractivity contribution in [1.82, 2.24) is 16.0 Å². The Morgan fingerprint density at radius 3 is 1.94 bits per heavy atom. The van der Waals surface area contributed by atoms with Crippen LogP contribution in [0.5, 0.6) is 0 Å². The molecule has 10 N–H and O–H groups in total. The highest BCUT2D eigenvalue weighted by Crippen LogP contribution is 2.04. The number of rotatable bonds is 16. The van der Waals surface area contributed by atoms with E-state index in [1.807, 2.05) is 5.32 Å². The maximum absolute atomic E-state index is 12.0. The highest BCUT2D eigenvalue weighted by Gasteiger charge is 2.27. The Bertz CT molecular complexity index is 788. The van der Waals surface area contributed by atoms with Gasteiger partial charge < -0.3 is 37.6 Å². The maximum Gasteiger partial charge on any atom is 0.326 e. The molecule has 0 aliphatic rings. The van der Waals surface area contributed by atoms with Gasteiger partial charge in [0.15, 0.2) is 0 Å². The van der Waals surface area contributed by atoms with Crippen LogP contribution in [0.4, 0.5) is 0 Å². The summed E-state index contributed by atoms with van der Waals surface area (Å²) in [6, 6.07) is -4.57. The van der Waals surface area contributed by atoms with Crippen LogP contribution in [0.15, 0.2) is 0 Å². The number of carboxylic acids is 2. The molecule has 0 rings (SSSR count). The summed E-state index contributed by atoms with van der Waals surface area (Å²) in [5.41, 5.74) is 10.4. The number of nitrogens with one attached hydrogen (secondary N) is 3. The molecule has 0 aliphatic carbocycles. The molecule has 0 heterocycles. The number of unbranched alkanes of at least 4 members (excludes halogenated alkanes) is 1. The fourth-order valence-corrected chi connectivity index (χ4v) is 3.02. The van der Waals surface area contributed by atoms with Gasteiger partial charge in [-0.15, -0.1) is 0 Å². The molecule has 184 valence electrons. The molecule has 32 heavy (non-hydrogen) atoms. The van der Waals surface area contributed by atoms with Crippen molar-refractivity contribution >= 4 is 39.8 Å². The van der Waals surface area contributed by atoms with Crippen LogP contribution in [0.25, 0.3) is 0 Å². The SMILES string of the molecule is NCC(=O)NCCCCC(NC(=O)CCC(NC(=O)C(N)CS(=O)(=O)O)C(=O)O)C(=O)O. The van der Waals surface area contributed by atoms with Crippen LogP contribution < -0.4 is 27.4 Å². The minimum absolute atomic E-state index is 0.0587. The lowest BCUT2D eigenvalue weighted by Crippen LogP contribution is -2.51. The van der Waals surface area contributed by atoms with E-state index in [1.54, 1.807) is 0 Å². The molecule has 15 nitrogen and oxygen atoms in total. The largest absolute Gasteiger partial charge is 0.480 e. The molecule has 0 aromatic carbocycles. The van der Waals surface area contributed by atoms with Crippen molar-refractivity contribution in [2.24, 2.45) is 11.5 Å².